The second kappa shape index (κ2) is 5.70. The first-order chi connectivity index (χ1) is 7.49. The first-order valence-electron chi connectivity index (χ1n) is 6.79. The molecular formula is C16H28. The molecule has 0 saturated carbocycles. The fourth-order valence-corrected chi connectivity index (χ4v) is 3.08. The first-order valence-corrected chi connectivity index (χ1v) is 6.79. The Morgan fingerprint density at radius 2 is 1.88 bits per heavy atom. The van der Waals surface area contributed by atoms with Crippen molar-refractivity contribution in [3.05, 3.63) is 22.3 Å². The summed E-state index contributed by atoms with van der Waals surface area (Å²) in [5.74, 6) is 1.59. The smallest absolute Gasteiger partial charge is 0.0138 e. The minimum absolute atomic E-state index is 0.778. The van der Waals surface area contributed by atoms with Crippen LogP contribution in [-0.2, 0) is 0 Å². The SMILES string of the molecule is CCC(C(C)=C(C)C)C1CCCC(C)=C1C. The predicted octanol–water partition coefficient (Wildman–Crippen LogP) is 5.51. The highest BCUT2D eigenvalue weighted by atomic mass is 14.3. The van der Waals surface area contributed by atoms with E-state index >= 15 is 0 Å². The Hall–Kier alpha value is -0.520. The molecule has 0 nitrogen and oxygen atoms in total. The van der Waals surface area contributed by atoms with Crippen molar-refractivity contribution < 1.29 is 0 Å². The molecule has 1 rings (SSSR count). The van der Waals surface area contributed by atoms with Crippen LogP contribution >= 0.6 is 0 Å². The Labute approximate surface area is 102 Å². The minimum atomic E-state index is 0.778. The quantitative estimate of drug-likeness (QED) is 0.550. The van der Waals surface area contributed by atoms with E-state index in [-0.39, 0.29) is 0 Å². The van der Waals surface area contributed by atoms with E-state index in [1.165, 1.54) is 31.3 Å². The van der Waals surface area contributed by atoms with E-state index in [0.717, 1.165) is 11.8 Å². The van der Waals surface area contributed by atoms with Gasteiger partial charge in [-0.1, -0.05) is 29.2 Å². The number of hydrogen-bond donors (Lipinski definition) is 0. The van der Waals surface area contributed by atoms with Crippen LogP contribution in [-0.4, -0.2) is 0 Å². The van der Waals surface area contributed by atoms with Gasteiger partial charge in [0.2, 0.25) is 0 Å². The van der Waals surface area contributed by atoms with Crippen LogP contribution in [0.25, 0.3) is 0 Å². The van der Waals surface area contributed by atoms with Crippen molar-refractivity contribution in [2.75, 3.05) is 0 Å². The van der Waals surface area contributed by atoms with Crippen LogP contribution in [0.5, 0.6) is 0 Å². The maximum atomic E-state index is 2.36. The largest absolute Gasteiger partial charge is 0.0772 e. The summed E-state index contributed by atoms with van der Waals surface area (Å²) >= 11 is 0. The molecule has 0 aromatic carbocycles. The molecule has 0 aromatic rings. The Balaban J connectivity index is 2.98. The third-order valence-corrected chi connectivity index (χ3v) is 4.57. The third kappa shape index (κ3) is 2.78. The van der Waals surface area contributed by atoms with Gasteiger partial charge in [0.15, 0.2) is 0 Å². The van der Waals surface area contributed by atoms with E-state index < -0.39 is 0 Å². The molecule has 0 aromatic heterocycles. The summed E-state index contributed by atoms with van der Waals surface area (Å²) in [6.45, 7) is 13.9. The molecule has 0 N–H and O–H groups in total. The van der Waals surface area contributed by atoms with Gasteiger partial charge in [-0.2, -0.15) is 0 Å². The summed E-state index contributed by atoms with van der Waals surface area (Å²) in [4.78, 5) is 0. The topological polar surface area (TPSA) is 0 Å². The van der Waals surface area contributed by atoms with Crippen LogP contribution in [0.2, 0.25) is 0 Å². The van der Waals surface area contributed by atoms with E-state index in [1.54, 1.807) is 16.7 Å². The highest BCUT2D eigenvalue weighted by molar-refractivity contribution is 5.22. The number of rotatable bonds is 3. The van der Waals surface area contributed by atoms with Crippen LogP contribution < -0.4 is 0 Å². The van der Waals surface area contributed by atoms with Crippen LogP contribution in [0.4, 0.5) is 0 Å². The lowest BCUT2D eigenvalue weighted by atomic mass is 9.72. The molecule has 0 saturated heterocycles. The molecule has 0 bridgehead atoms. The van der Waals surface area contributed by atoms with Crippen LogP contribution in [0.3, 0.4) is 0 Å². The lowest BCUT2D eigenvalue weighted by molar-refractivity contribution is 0.365. The van der Waals surface area contributed by atoms with E-state index in [9.17, 15) is 0 Å². The van der Waals surface area contributed by atoms with Gasteiger partial charge < -0.3 is 0 Å². The summed E-state index contributed by atoms with van der Waals surface area (Å²) in [5, 5.41) is 0. The minimum Gasteiger partial charge on any atom is -0.0772 e. The van der Waals surface area contributed by atoms with Crippen LogP contribution in [0.15, 0.2) is 22.3 Å². The van der Waals surface area contributed by atoms with Crippen molar-refractivity contribution in [3.8, 4) is 0 Å². The predicted molar refractivity (Wildman–Crippen MR) is 73.5 cm³/mol. The second-order valence-corrected chi connectivity index (χ2v) is 5.66. The van der Waals surface area contributed by atoms with Gasteiger partial charge in [0.25, 0.3) is 0 Å². The number of allylic oxidation sites excluding steroid dienone is 4. The van der Waals surface area contributed by atoms with E-state index in [1.807, 2.05) is 0 Å². The van der Waals surface area contributed by atoms with Gasteiger partial charge in [-0.05, 0) is 72.1 Å². The fraction of sp³-hybridized carbons (Fsp3) is 0.750. The molecule has 0 aliphatic heterocycles. The van der Waals surface area contributed by atoms with Crippen molar-refractivity contribution in [2.45, 2.75) is 67.2 Å². The average molecular weight is 220 g/mol. The van der Waals surface area contributed by atoms with Gasteiger partial charge in [-0.15, -0.1) is 0 Å². The van der Waals surface area contributed by atoms with Crippen molar-refractivity contribution in [1.29, 1.82) is 0 Å². The molecule has 1 aliphatic rings. The molecule has 0 heteroatoms. The molecule has 0 spiro atoms. The average Bonchev–Trinajstić information content (AvgIpc) is 2.24. The van der Waals surface area contributed by atoms with E-state index in [4.69, 9.17) is 0 Å². The normalized spacial score (nSPS) is 23.2. The van der Waals surface area contributed by atoms with E-state index in [0.29, 0.717) is 0 Å². The molecule has 0 radical (unpaired) electrons. The molecule has 92 valence electrons. The van der Waals surface area contributed by atoms with Crippen molar-refractivity contribution in [1.82, 2.24) is 0 Å². The fourth-order valence-electron chi connectivity index (χ4n) is 3.08. The second-order valence-electron chi connectivity index (χ2n) is 5.66. The van der Waals surface area contributed by atoms with Gasteiger partial charge in [-0.3, -0.25) is 0 Å². The van der Waals surface area contributed by atoms with Gasteiger partial charge in [0, 0.05) is 0 Å². The molecule has 2 atom stereocenters. The molecule has 16 heavy (non-hydrogen) atoms. The summed E-state index contributed by atoms with van der Waals surface area (Å²) in [5.41, 5.74) is 6.47. The molecule has 0 amide bonds. The maximum Gasteiger partial charge on any atom is -0.0138 e. The summed E-state index contributed by atoms with van der Waals surface area (Å²) < 4.78 is 0. The van der Waals surface area contributed by atoms with Gasteiger partial charge in [0.1, 0.15) is 0 Å². The lowest BCUT2D eigenvalue weighted by Gasteiger charge is -2.33. The molecule has 0 fully saturated rings. The maximum absolute atomic E-state index is 2.36. The van der Waals surface area contributed by atoms with Crippen molar-refractivity contribution in [3.63, 3.8) is 0 Å². The standard InChI is InChI=1S/C16H28/c1-7-15(13(5)11(2)3)16-10-8-9-12(4)14(16)6/h15-16H,7-10H2,1-6H3. The Kier molecular flexibility index (Phi) is 4.83. The van der Waals surface area contributed by atoms with Crippen LogP contribution in [0.1, 0.15) is 67.2 Å². The number of hydrogen-bond acceptors (Lipinski definition) is 0. The highest BCUT2D eigenvalue weighted by Gasteiger charge is 2.26. The Morgan fingerprint density at radius 3 is 2.38 bits per heavy atom. The Bertz CT molecular complexity index is 300. The zero-order valence-corrected chi connectivity index (χ0v) is 12.0. The molecule has 0 heterocycles. The third-order valence-electron chi connectivity index (χ3n) is 4.57. The summed E-state index contributed by atoms with van der Waals surface area (Å²) in [6.07, 6.45) is 5.39. The molecule has 2 unspecified atom stereocenters. The Morgan fingerprint density at radius 1 is 1.25 bits per heavy atom. The van der Waals surface area contributed by atoms with Gasteiger partial charge >= 0.3 is 0 Å². The van der Waals surface area contributed by atoms with Gasteiger partial charge in [0.05, 0.1) is 0 Å². The zero-order valence-electron chi connectivity index (χ0n) is 12.0. The summed E-state index contributed by atoms with van der Waals surface area (Å²) in [7, 11) is 0. The van der Waals surface area contributed by atoms with Crippen LogP contribution in [0, 0.1) is 11.8 Å². The first kappa shape index (κ1) is 13.5. The van der Waals surface area contributed by atoms with Gasteiger partial charge in [-0.25, -0.2) is 0 Å². The van der Waals surface area contributed by atoms with E-state index in [2.05, 4.69) is 41.5 Å². The summed E-state index contributed by atoms with van der Waals surface area (Å²) in [6, 6.07) is 0. The highest BCUT2D eigenvalue weighted by Crippen LogP contribution is 2.39. The zero-order chi connectivity index (χ0) is 12.3. The van der Waals surface area contributed by atoms with Crippen molar-refractivity contribution in [2.24, 2.45) is 11.8 Å². The molecular weight excluding hydrogens is 192 g/mol. The monoisotopic (exact) mass is 220 g/mol. The van der Waals surface area contributed by atoms with Crippen molar-refractivity contribution >= 4 is 0 Å². The lowest BCUT2D eigenvalue weighted by Crippen LogP contribution is -2.21. The molecule has 1 aliphatic carbocycles.